The van der Waals surface area contributed by atoms with E-state index in [2.05, 4.69) is 52.9 Å². The predicted octanol–water partition coefficient (Wildman–Crippen LogP) is 8.42. The van der Waals surface area contributed by atoms with Crippen LogP contribution in [0.25, 0.3) is 22.0 Å². The molecule has 0 saturated carbocycles. The highest BCUT2D eigenvalue weighted by molar-refractivity contribution is 7.99. The molecule has 13 nitrogen and oxygen atoms in total. The molecule has 6 aromatic rings. The summed E-state index contributed by atoms with van der Waals surface area (Å²) in [5.74, 6) is 0.268. The third kappa shape index (κ3) is 10.8. The van der Waals surface area contributed by atoms with Gasteiger partial charge in [-0.3, -0.25) is 24.6 Å². The van der Waals surface area contributed by atoms with Crippen LogP contribution in [0.5, 0.6) is 0 Å². The Kier molecular flexibility index (Phi) is 13.8. The molecule has 0 aliphatic carbocycles. The molecule has 1 aromatic heterocycles. The normalized spacial score (nSPS) is 15.7. The molecule has 0 spiro atoms. The van der Waals surface area contributed by atoms with Crippen molar-refractivity contribution in [3.05, 3.63) is 142 Å². The molecule has 62 heavy (non-hydrogen) atoms. The SMILES string of the molecule is O=[N+]([O-])c1cc(S(=O)(=O)Nc2ncnc3cc(N4CCN(Cc5cc(Cl)ccc5-c5ccccc5)CC4)ccc23)ccc1NC(CCN1CCOCC1)CSc1ccc(F)cc1. The summed E-state index contributed by atoms with van der Waals surface area (Å²) in [7, 11) is -4.32. The molecule has 17 heteroatoms. The van der Waals surface area contributed by atoms with Crippen molar-refractivity contribution in [2.75, 3.05) is 79.7 Å². The maximum absolute atomic E-state index is 13.8. The van der Waals surface area contributed by atoms with Gasteiger partial charge in [-0.05, 0) is 89.8 Å². The second-order valence-corrected chi connectivity index (χ2v) is 18.5. The maximum Gasteiger partial charge on any atom is 0.293 e. The second kappa shape index (κ2) is 19.8. The average Bonchev–Trinajstić information content (AvgIpc) is 3.28. The Bertz CT molecular complexity index is 2620. The molecule has 2 saturated heterocycles. The Labute approximate surface area is 369 Å². The van der Waals surface area contributed by atoms with E-state index < -0.39 is 14.9 Å². The third-order valence-corrected chi connectivity index (χ3v) is 13.9. The van der Waals surface area contributed by atoms with E-state index in [9.17, 15) is 22.9 Å². The van der Waals surface area contributed by atoms with Crippen LogP contribution in [-0.2, 0) is 21.3 Å². The molecular weight excluding hydrogens is 851 g/mol. The van der Waals surface area contributed by atoms with Gasteiger partial charge in [0.25, 0.3) is 15.7 Å². The van der Waals surface area contributed by atoms with Gasteiger partial charge >= 0.3 is 0 Å². The standard InChI is InChI=1S/C45H46ClFN8O5S2/c46-34-6-13-40(32-4-2-1-3-5-32)33(26-34)29-53-18-20-54(21-19-53)37-9-14-41-43(27-37)48-31-49-45(41)51-62(58,59)39-12-15-42(44(28-39)55(56)57)50-36(16-17-52-22-24-60-25-23-52)30-61-38-10-7-35(47)8-11-38/h1-15,26-28,31,36,50H,16-25,29-30H2,(H,48,49,51). The van der Waals surface area contributed by atoms with E-state index in [0.29, 0.717) is 41.3 Å². The smallest absolute Gasteiger partial charge is 0.293 e. The van der Waals surface area contributed by atoms with Gasteiger partial charge in [-0.1, -0.05) is 48.0 Å². The van der Waals surface area contributed by atoms with E-state index in [4.69, 9.17) is 16.3 Å². The minimum atomic E-state index is -4.32. The van der Waals surface area contributed by atoms with E-state index in [0.717, 1.165) is 74.6 Å². The molecule has 2 N–H and O–H groups in total. The zero-order valence-corrected chi connectivity index (χ0v) is 36.2. The van der Waals surface area contributed by atoms with Crippen LogP contribution in [0, 0.1) is 15.9 Å². The molecule has 1 unspecified atom stereocenters. The molecule has 3 heterocycles. The molecule has 5 aromatic carbocycles. The van der Waals surface area contributed by atoms with Gasteiger partial charge in [-0.15, -0.1) is 11.8 Å². The first kappa shape index (κ1) is 43.3. The number of nitro groups is 1. The topological polar surface area (TPSA) is 146 Å². The lowest BCUT2D eigenvalue weighted by Gasteiger charge is -2.36. The van der Waals surface area contributed by atoms with Gasteiger partial charge in [0.05, 0.1) is 28.5 Å². The lowest BCUT2D eigenvalue weighted by atomic mass is 9.99. The molecule has 2 fully saturated rings. The molecule has 0 radical (unpaired) electrons. The van der Waals surface area contributed by atoms with Crippen LogP contribution in [0.1, 0.15) is 12.0 Å². The second-order valence-electron chi connectivity index (χ2n) is 15.2. The number of hydrogen-bond acceptors (Lipinski definition) is 12. The molecule has 8 rings (SSSR count). The number of hydrogen-bond donors (Lipinski definition) is 2. The Morgan fingerprint density at radius 2 is 1.65 bits per heavy atom. The van der Waals surface area contributed by atoms with Crippen LogP contribution in [-0.4, -0.2) is 104 Å². The van der Waals surface area contributed by atoms with Crippen molar-refractivity contribution in [2.45, 2.75) is 28.8 Å². The third-order valence-electron chi connectivity index (χ3n) is 11.1. The number of thioether (sulfide) groups is 1. The molecular formula is C45H46ClFN8O5S2. The lowest BCUT2D eigenvalue weighted by molar-refractivity contribution is -0.384. The van der Waals surface area contributed by atoms with Gasteiger partial charge in [-0.2, -0.15) is 0 Å². The summed E-state index contributed by atoms with van der Waals surface area (Å²) >= 11 is 7.94. The first-order valence-corrected chi connectivity index (χ1v) is 23.2. The molecule has 0 amide bonds. The number of rotatable bonds is 16. The number of ether oxygens (including phenoxy) is 1. The fraction of sp³-hybridized carbons (Fsp3) is 0.289. The van der Waals surface area contributed by atoms with Crippen LogP contribution in [0.15, 0.2) is 125 Å². The highest BCUT2D eigenvalue weighted by atomic mass is 35.5. The number of halogens is 2. The number of benzene rings is 5. The van der Waals surface area contributed by atoms with Crippen molar-refractivity contribution in [2.24, 2.45) is 0 Å². The van der Waals surface area contributed by atoms with Crippen molar-refractivity contribution in [1.29, 1.82) is 0 Å². The lowest BCUT2D eigenvalue weighted by Crippen LogP contribution is -2.46. The first-order chi connectivity index (χ1) is 30.1. The van der Waals surface area contributed by atoms with Crippen LogP contribution < -0.4 is 14.9 Å². The Morgan fingerprint density at radius 1 is 0.871 bits per heavy atom. The summed E-state index contributed by atoms with van der Waals surface area (Å²) in [5.41, 5.74) is 4.82. The number of sulfonamides is 1. The van der Waals surface area contributed by atoms with Crippen molar-refractivity contribution in [1.82, 2.24) is 19.8 Å². The van der Waals surface area contributed by atoms with E-state index in [1.54, 1.807) is 18.2 Å². The number of nitro benzene ring substituents is 1. The van der Waals surface area contributed by atoms with Gasteiger partial charge in [0.2, 0.25) is 0 Å². The van der Waals surface area contributed by atoms with Gasteiger partial charge in [0.15, 0.2) is 5.82 Å². The number of piperazine rings is 1. The van der Waals surface area contributed by atoms with E-state index in [1.807, 2.05) is 42.5 Å². The molecule has 1 atom stereocenters. The van der Waals surface area contributed by atoms with Crippen LogP contribution in [0.3, 0.4) is 0 Å². The van der Waals surface area contributed by atoms with Crippen molar-refractivity contribution in [3.63, 3.8) is 0 Å². The van der Waals surface area contributed by atoms with E-state index >= 15 is 0 Å². The van der Waals surface area contributed by atoms with Gasteiger partial charge in [0.1, 0.15) is 17.8 Å². The average molecular weight is 897 g/mol. The van der Waals surface area contributed by atoms with Crippen molar-refractivity contribution in [3.8, 4) is 11.1 Å². The number of nitrogens with zero attached hydrogens (tertiary/aromatic N) is 6. The Hall–Kier alpha value is -5.36. The summed E-state index contributed by atoms with van der Waals surface area (Å²) < 4.78 is 49.3. The Balaban J connectivity index is 0.940. The summed E-state index contributed by atoms with van der Waals surface area (Å²) in [5, 5.41) is 16.9. The quantitative estimate of drug-likeness (QED) is 0.0547. The molecule has 2 aliphatic heterocycles. The maximum atomic E-state index is 13.8. The zero-order valence-electron chi connectivity index (χ0n) is 33.8. The summed E-state index contributed by atoms with van der Waals surface area (Å²) in [6.45, 7) is 7.60. The molecule has 322 valence electrons. The van der Waals surface area contributed by atoms with Gasteiger partial charge in [0, 0.05) is 91.2 Å². The first-order valence-electron chi connectivity index (χ1n) is 20.4. The van der Waals surface area contributed by atoms with E-state index in [1.165, 1.54) is 53.5 Å². The molecule has 0 bridgehead atoms. The highest BCUT2D eigenvalue weighted by Crippen LogP contribution is 2.33. The van der Waals surface area contributed by atoms with Crippen LogP contribution >= 0.6 is 23.4 Å². The number of morpholine rings is 1. The number of fused-ring (bicyclic) bond motifs is 1. The van der Waals surface area contributed by atoms with Gasteiger partial charge < -0.3 is 15.0 Å². The number of aromatic nitrogens is 2. The predicted molar refractivity (Wildman–Crippen MR) is 244 cm³/mol. The zero-order chi connectivity index (χ0) is 43.1. The highest BCUT2D eigenvalue weighted by Gasteiger charge is 2.26. The number of nitrogens with one attached hydrogen (secondary N) is 2. The minimum Gasteiger partial charge on any atom is -0.379 e. The Morgan fingerprint density at radius 3 is 2.40 bits per heavy atom. The van der Waals surface area contributed by atoms with E-state index in [-0.39, 0.29) is 33.9 Å². The summed E-state index contributed by atoms with van der Waals surface area (Å²) in [4.78, 5) is 28.1. The fourth-order valence-corrected chi connectivity index (χ4v) is 9.98. The largest absolute Gasteiger partial charge is 0.379 e. The number of anilines is 3. The summed E-state index contributed by atoms with van der Waals surface area (Å²) in [6.07, 6.45) is 1.96. The minimum absolute atomic E-state index is 0.0629. The molecule has 2 aliphatic rings. The van der Waals surface area contributed by atoms with Gasteiger partial charge in [-0.25, -0.2) is 22.8 Å². The van der Waals surface area contributed by atoms with Crippen molar-refractivity contribution >= 4 is 67.2 Å². The van der Waals surface area contributed by atoms with Crippen molar-refractivity contribution < 1.29 is 22.5 Å². The monoisotopic (exact) mass is 896 g/mol. The fourth-order valence-electron chi connectivity index (χ4n) is 7.77. The van der Waals surface area contributed by atoms with Crippen LogP contribution in [0.2, 0.25) is 5.02 Å². The summed E-state index contributed by atoms with van der Waals surface area (Å²) in [6, 6.07) is 31.8. The van der Waals surface area contributed by atoms with Crippen LogP contribution in [0.4, 0.5) is 27.3 Å².